The van der Waals surface area contributed by atoms with Gasteiger partial charge >= 0.3 is 5.97 Å². The maximum Gasteiger partial charge on any atom is 0.338 e. The number of hydrogen-bond donors (Lipinski definition) is 1. The molecule has 1 heterocycles. The molecule has 0 atom stereocenters. The molecule has 0 amide bonds. The summed E-state index contributed by atoms with van der Waals surface area (Å²) >= 11 is 17.2. The highest BCUT2D eigenvalue weighted by Crippen LogP contribution is 2.33. The predicted molar refractivity (Wildman–Crippen MR) is 72.7 cm³/mol. The molecule has 1 aromatic carbocycles. The van der Waals surface area contributed by atoms with Gasteiger partial charge in [-0.3, -0.25) is 0 Å². The summed E-state index contributed by atoms with van der Waals surface area (Å²) in [6.45, 7) is 0. The third-order valence-corrected chi connectivity index (χ3v) is 3.23. The fourth-order valence-electron chi connectivity index (χ4n) is 1.36. The number of aromatic nitrogens is 1. The van der Waals surface area contributed by atoms with Crippen LogP contribution in [0.25, 0.3) is 0 Å². The summed E-state index contributed by atoms with van der Waals surface area (Å²) in [5, 5.41) is 8.95. The van der Waals surface area contributed by atoms with Crippen LogP contribution < -0.4 is 4.74 Å². The topological polar surface area (TPSA) is 59.4 Å². The van der Waals surface area contributed by atoms with E-state index in [-0.39, 0.29) is 26.7 Å². The van der Waals surface area contributed by atoms with Crippen molar-refractivity contribution < 1.29 is 19.0 Å². The molecule has 0 saturated carbocycles. The Morgan fingerprint density at radius 1 is 1.20 bits per heavy atom. The molecule has 0 saturated heterocycles. The SMILES string of the molecule is O=C(O)c1cc(Cl)c(Oc2cnc(Cl)c(Cl)c2)cc1F. The minimum absolute atomic E-state index is 0.0603. The minimum Gasteiger partial charge on any atom is -0.478 e. The summed E-state index contributed by atoms with van der Waals surface area (Å²) in [7, 11) is 0. The van der Waals surface area contributed by atoms with Gasteiger partial charge in [0.05, 0.1) is 21.8 Å². The maximum absolute atomic E-state index is 13.5. The highest BCUT2D eigenvalue weighted by Gasteiger charge is 2.16. The molecule has 0 aliphatic rings. The lowest BCUT2D eigenvalue weighted by Gasteiger charge is -2.09. The van der Waals surface area contributed by atoms with E-state index in [2.05, 4.69) is 4.98 Å². The van der Waals surface area contributed by atoms with E-state index in [0.717, 1.165) is 12.1 Å². The second kappa shape index (κ2) is 5.83. The number of carboxylic acids is 1. The number of carbonyl (C=O) groups is 1. The molecule has 0 fully saturated rings. The molecule has 1 N–H and O–H groups in total. The summed E-state index contributed by atoms with van der Waals surface area (Å²) in [5.41, 5.74) is -0.547. The quantitative estimate of drug-likeness (QED) is 0.827. The summed E-state index contributed by atoms with van der Waals surface area (Å²) < 4.78 is 18.8. The van der Waals surface area contributed by atoms with E-state index in [0.29, 0.717) is 0 Å². The van der Waals surface area contributed by atoms with Crippen molar-refractivity contribution in [1.29, 1.82) is 0 Å². The number of hydrogen-bond acceptors (Lipinski definition) is 3. The average molecular weight is 337 g/mol. The molecule has 0 radical (unpaired) electrons. The van der Waals surface area contributed by atoms with Crippen LogP contribution in [0, 0.1) is 5.82 Å². The summed E-state index contributed by atoms with van der Waals surface area (Å²) in [6.07, 6.45) is 1.27. The van der Waals surface area contributed by atoms with Crippen molar-refractivity contribution >= 4 is 40.8 Å². The first-order valence-electron chi connectivity index (χ1n) is 5.09. The Balaban J connectivity index is 2.36. The lowest BCUT2D eigenvalue weighted by Crippen LogP contribution is -2.01. The number of rotatable bonds is 3. The van der Waals surface area contributed by atoms with Crippen molar-refractivity contribution in [2.45, 2.75) is 0 Å². The number of halogens is 4. The highest BCUT2D eigenvalue weighted by molar-refractivity contribution is 6.41. The molecule has 2 rings (SSSR count). The lowest BCUT2D eigenvalue weighted by molar-refractivity contribution is 0.0692. The van der Waals surface area contributed by atoms with Crippen LogP contribution in [0.3, 0.4) is 0 Å². The Morgan fingerprint density at radius 3 is 2.50 bits per heavy atom. The zero-order valence-electron chi connectivity index (χ0n) is 9.53. The van der Waals surface area contributed by atoms with Gasteiger partial charge in [-0.1, -0.05) is 34.8 Å². The van der Waals surface area contributed by atoms with Crippen molar-refractivity contribution in [2.24, 2.45) is 0 Å². The van der Waals surface area contributed by atoms with Crippen molar-refractivity contribution in [3.05, 3.63) is 51.0 Å². The van der Waals surface area contributed by atoms with E-state index in [1.807, 2.05) is 0 Å². The predicted octanol–water partition coefficient (Wildman–Crippen LogP) is 4.67. The molecule has 0 aliphatic carbocycles. The largest absolute Gasteiger partial charge is 0.478 e. The molecule has 1 aromatic heterocycles. The van der Waals surface area contributed by atoms with Gasteiger partial charge < -0.3 is 9.84 Å². The number of aromatic carboxylic acids is 1. The number of carboxylic acid groups (broad SMARTS) is 1. The molecule has 2 aromatic rings. The van der Waals surface area contributed by atoms with Crippen LogP contribution in [0.15, 0.2) is 24.4 Å². The average Bonchev–Trinajstić information content (AvgIpc) is 2.37. The molecule has 8 heteroatoms. The van der Waals surface area contributed by atoms with E-state index in [1.54, 1.807) is 0 Å². The molecular formula is C12H5Cl3FNO3. The Labute approximate surface area is 127 Å². The second-order valence-electron chi connectivity index (χ2n) is 3.61. The third kappa shape index (κ3) is 3.12. The van der Waals surface area contributed by atoms with Gasteiger partial charge in [0, 0.05) is 12.1 Å². The molecule has 0 spiro atoms. The van der Waals surface area contributed by atoms with Gasteiger partial charge in [0.2, 0.25) is 0 Å². The number of nitrogens with zero attached hydrogens (tertiary/aromatic N) is 1. The van der Waals surface area contributed by atoms with Crippen molar-refractivity contribution in [3.8, 4) is 11.5 Å². The Kier molecular flexibility index (Phi) is 4.32. The first kappa shape index (κ1) is 14.8. The van der Waals surface area contributed by atoms with Gasteiger partial charge in [0.25, 0.3) is 0 Å². The van der Waals surface area contributed by atoms with Crippen LogP contribution in [-0.2, 0) is 0 Å². The molecule has 0 bridgehead atoms. The smallest absolute Gasteiger partial charge is 0.338 e. The van der Waals surface area contributed by atoms with Gasteiger partial charge in [-0.2, -0.15) is 0 Å². The summed E-state index contributed by atoms with van der Waals surface area (Å²) in [6, 6.07) is 3.20. The van der Waals surface area contributed by atoms with Gasteiger partial charge in [-0.15, -0.1) is 0 Å². The van der Waals surface area contributed by atoms with Crippen LogP contribution in [0.2, 0.25) is 15.2 Å². The molecule has 4 nitrogen and oxygen atoms in total. The fraction of sp³-hybridized carbons (Fsp3) is 0. The van der Waals surface area contributed by atoms with Crippen molar-refractivity contribution in [2.75, 3.05) is 0 Å². The van der Waals surface area contributed by atoms with E-state index in [4.69, 9.17) is 44.6 Å². The van der Waals surface area contributed by atoms with E-state index >= 15 is 0 Å². The number of ether oxygens (including phenoxy) is 1. The van der Waals surface area contributed by atoms with Crippen LogP contribution in [0.5, 0.6) is 11.5 Å². The van der Waals surface area contributed by atoms with Crippen LogP contribution in [0.4, 0.5) is 4.39 Å². The first-order chi connectivity index (χ1) is 9.38. The van der Waals surface area contributed by atoms with E-state index in [1.165, 1.54) is 12.3 Å². The fourth-order valence-corrected chi connectivity index (χ4v) is 1.82. The molecule has 104 valence electrons. The highest BCUT2D eigenvalue weighted by atomic mass is 35.5. The Bertz CT molecular complexity index is 694. The zero-order chi connectivity index (χ0) is 14.9. The van der Waals surface area contributed by atoms with Crippen molar-refractivity contribution in [3.63, 3.8) is 0 Å². The van der Waals surface area contributed by atoms with E-state index < -0.39 is 17.3 Å². The Morgan fingerprint density at radius 2 is 1.90 bits per heavy atom. The molecular weight excluding hydrogens is 331 g/mol. The first-order valence-corrected chi connectivity index (χ1v) is 6.23. The van der Waals surface area contributed by atoms with Gasteiger partial charge in [0.1, 0.15) is 22.5 Å². The monoisotopic (exact) mass is 335 g/mol. The Hall–Kier alpha value is -1.56. The van der Waals surface area contributed by atoms with Gasteiger partial charge in [0.15, 0.2) is 0 Å². The van der Waals surface area contributed by atoms with E-state index in [9.17, 15) is 9.18 Å². The molecule has 0 aliphatic heterocycles. The third-order valence-electron chi connectivity index (χ3n) is 2.25. The number of benzene rings is 1. The van der Waals surface area contributed by atoms with Crippen LogP contribution >= 0.6 is 34.8 Å². The maximum atomic E-state index is 13.5. The van der Waals surface area contributed by atoms with Crippen molar-refractivity contribution in [1.82, 2.24) is 4.98 Å². The molecule has 20 heavy (non-hydrogen) atoms. The van der Waals surface area contributed by atoms with Crippen LogP contribution in [0.1, 0.15) is 10.4 Å². The standard InChI is InChI=1S/C12H5Cl3FNO3/c13-7-2-6(12(18)19)9(16)3-10(7)20-5-1-8(14)11(15)17-4-5/h1-4H,(H,18,19). The molecule has 0 unspecified atom stereocenters. The van der Waals surface area contributed by atoms with Gasteiger partial charge in [-0.05, 0) is 6.07 Å². The lowest BCUT2D eigenvalue weighted by atomic mass is 10.2. The zero-order valence-corrected chi connectivity index (χ0v) is 11.8. The van der Waals surface area contributed by atoms with Gasteiger partial charge in [-0.25, -0.2) is 14.2 Å². The summed E-state index contributed by atoms with van der Waals surface area (Å²) in [5.74, 6) is -2.27. The summed E-state index contributed by atoms with van der Waals surface area (Å²) in [4.78, 5) is 14.5. The van der Waals surface area contributed by atoms with Crippen LogP contribution in [-0.4, -0.2) is 16.1 Å². The number of pyridine rings is 1. The second-order valence-corrected chi connectivity index (χ2v) is 4.79. The minimum atomic E-state index is -1.42. The normalized spacial score (nSPS) is 10.4.